The Morgan fingerprint density at radius 2 is 2.03 bits per heavy atom. The number of carbonyl (C=O) groups is 2. The topological polar surface area (TPSA) is 116 Å². The average molecular weight is 502 g/mol. The number of halogens is 5. The van der Waals surface area contributed by atoms with Gasteiger partial charge in [0.2, 0.25) is 11.8 Å². The fourth-order valence-corrected chi connectivity index (χ4v) is 4.08. The molecule has 1 aromatic rings. The number of nitrogens with zero attached hydrogens (tertiary/aromatic N) is 4. The molecule has 0 spiro atoms. The lowest BCUT2D eigenvalue weighted by atomic mass is 10.0. The predicted molar refractivity (Wildman–Crippen MR) is 119 cm³/mol. The molecule has 3 heterocycles. The lowest BCUT2D eigenvalue weighted by molar-refractivity contribution is -0.142. The zero-order chi connectivity index (χ0) is 25.0. The lowest BCUT2D eigenvalue weighted by Crippen LogP contribution is -2.48. The highest BCUT2D eigenvalue weighted by molar-refractivity contribution is 5.85. The summed E-state index contributed by atoms with van der Waals surface area (Å²) in [5, 5.41) is 7.18. The van der Waals surface area contributed by atoms with Crippen LogP contribution in [0.3, 0.4) is 0 Å². The fourth-order valence-electron chi connectivity index (χ4n) is 4.08. The number of fused-ring (bicyclic) bond motifs is 1. The summed E-state index contributed by atoms with van der Waals surface area (Å²) in [6, 6.07) is -0.738. The Hall–Kier alpha value is -3.22. The van der Waals surface area contributed by atoms with Gasteiger partial charge in [-0.2, -0.15) is 13.2 Å². The molecule has 1 aromatic heterocycles. The van der Waals surface area contributed by atoms with Gasteiger partial charge in [0.25, 0.3) is 0 Å². The molecule has 0 saturated carbocycles. The molecule has 1 fully saturated rings. The number of piperidine rings is 1. The Morgan fingerprint density at radius 1 is 1.31 bits per heavy atom. The van der Waals surface area contributed by atoms with Crippen LogP contribution in [0.25, 0.3) is 5.57 Å². The van der Waals surface area contributed by atoms with Crippen molar-refractivity contribution in [3.05, 3.63) is 41.5 Å². The van der Waals surface area contributed by atoms with Crippen LogP contribution in [0.5, 0.6) is 0 Å². The van der Waals surface area contributed by atoms with E-state index in [2.05, 4.69) is 16.5 Å². The molecule has 2 aliphatic heterocycles. The third-order valence-corrected chi connectivity index (χ3v) is 5.76. The number of amides is 2. The molecule has 2 amide bonds. The Balaban J connectivity index is 0.00000432. The van der Waals surface area contributed by atoms with E-state index >= 15 is 0 Å². The fraction of sp³-hybridized carbons (Fsp3) is 0.500. The van der Waals surface area contributed by atoms with Crippen molar-refractivity contribution in [3.63, 3.8) is 0 Å². The molecule has 3 N–H and O–H groups in total. The van der Waals surface area contributed by atoms with Crippen LogP contribution >= 0.6 is 0 Å². The van der Waals surface area contributed by atoms with Gasteiger partial charge in [0.15, 0.2) is 11.5 Å². The molecule has 0 aromatic carbocycles. The zero-order valence-electron chi connectivity index (χ0n) is 18.9. The van der Waals surface area contributed by atoms with Gasteiger partial charge in [0.1, 0.15) is 6.17 Å². The molecule has 8 nitrogen and oxygen atoms in total. The standard InChI is InChI=1S/C22H26F4N6O2.FH/c1-2-13(5-7-27)21-29-17-12-31(8-6-16(17)20(30-21)22(24,25)26)19(34)9-15(28)11-32-10-14(23)3-4-18(32)33;/h2,5,7,14-15,27H,1,3-4,6,8-12,28H2;1H/b13-5+,27-7?;/t14?,15-;/m0./s1. The highest BCUT2D eigenvalue weighted by Gasteiger charge is 2.39. The van der Waals surface area contributed by atoms with Crippen molar-refractivity contribution in [2.45, 2.75) is 50.6 Å². The van der Waals surface area contributed by atoms with E-state index < -0.39 is 30.0 Å². The maximum absolute atomic E-state index is 13.7. The second kappa shape index (κ2) is 11.5. The third-order valence-electron chi connectivity index (χ3n) is 5.76. The summed E-state index contributed by atoms with van der Waals surface area (Å²) in [4.78, 5) is 35.3. The summed E-state index contributed by atoms with van der Waals surface area (Å²) in [6.45, 7) is 3.36. The van der Waals surface area contributed by atoms with E-state index in [9.17, 15) is 27.2 Å². The van der Waals surface area contributed by atoms with Gasteiger partial charge >= 0.3 is 6.18 Å². The number of rotatable bonds is 7. The van der Waals surface area contributed by atoms with E-state index in [1.807, 2.05) is 0 Å². The Bertz CT molecular complexity index is 1010. The van der Waals surface area contributed by atoms with Gasteiger partial charge in [0, 0.05) is 49.3 Å². The van der Waals surface area contributed by atoms with Gasteiger partial charge in [-0.15, -0.1) is 0 Å². The van der Waals surface area contributed by atoms with Crippen LogP contribution in [-0.2, 0) is 28.7 Å². The largest absolute Gasteiger partial charge is 0.433 e. The van der Waals surface area contributed by atoms with E-state index in [1.54, 1.807) is 0 Å². The van der Waals surface area contributed by atoms with Gasteiger partial charge < -0.3 is 20.9 Å². The summed E-state index contributed by atoms with van der Waals surface area (Å²) in [7, 11) is 0. The summed E-state index contributed by atoms with van der Waals surface area (Å²) in [5.74, 6) is -0.851. The van der Waals surface area contributed by atoms with Gasteiger partial charge in [0.05, 0.1) is 18.8 Å². The van der Waals surface area contributed by atoms with Crippen LogP contribution in [0.1, 0.15) is 42.0 Å². The number of hydrogen-bond donors (Lipinski definition) is 2. The summed E-state index contributed by atoms with van der Waals surface area (Å²) in [6.07, 6.45) is -2.45. The van der Waals surface area contributed by atoms with Crippen LogP contribution in [0.4, 0.5) is 22.3 Å². The number of hydrogen-bond acceptors (Lipinski definition) is 6. The van der Waals surface area contributed by atoms with E-state index in [0.717, 1.165) is 6.21 Å². The quantitative estimate of drug-likeness (QED) is 0.338. The van der Waals surface area contributed by atoms with Crippen LogP contribution in [0.15, 0.2) is 18.7 Å². The first kappa shape index (κ1) is 28.0. The first-order chi connectivity index (χ1) is 16.0. The van der Waals surface area contributed by atoms with Gasteiger partial charge in [-0.3, -0.25) is 14.3 Å². The summed E-state index contributed by atoms with van der Waals surface area (Å²) < 4.78 is 54.7. The molecular weight excluding hydrogens is 475 g/mol. The number of allylic oxidation sites excluding steroid dienone is 3. The molecule has 0 aliphatic carbocycles. The van der Waals surface area contributed by atoms with Crippen molar-refractivity contribution in [2.24, 2.45) is 5.73 Å². The van der Waals surface area contributed by atoms with Crippen molar-refractivity contribution < 1.29 is 31.9 Å². The van der Waals surface area contributed by atoms with Crippen molar-refractivity contribution in [1.29, 1.82) is 5.41 Å². The second-order valence-electron chi connectivity index (χ2n) is 8.28. The SMILES string of the molecule is C=C/C(=C\C=N)c1nc2c(c(C(F)(F)F)n1)CCN(C(=O)C[C@H](N)CN1CC(F)CCC1=O)C2.F. The molecule has 13 heteroatoms. The Labute approximate surface area is 198 Å². The maximum Gasteiger partial charge on any atom is 0.433 e. The van der Waals surface area contributed by atoms with Gasteiger partial charge in [-0.25, -0.2) is 14.4 Å². The van der Waals surface area contributed by atoms with E-state index in [4.69, 9.17) is 11.1 Å². The molecule has 35 heavy (non-hydrogen) atoms. The highest BCUT2D eigenvalue weighted by atomic mass is 19.4. The minimum Gasteiger partial charge on any atom is -0.338 e. The first-order valence-electron chi connectivity index (χ1n) is 10.8. The van der Waals surface area contributed by atoms with Gasteiger partial charge in [-0.1, -0.05) is 12.7 Å². The number of nitrogens with two attached hydrogens (primary N) is 1. The molecular formula is C22H27F5N6O2. The monoisotopic (exact) mass is 502 g/mol. The predicted octanol–water partition coefficient (Wildman–Crippen LogP) is 2.43. The highest BCUT2D eigenvalue weighted by Crippen LogP contribution is 2.34. The molecule has 192 valence electrons. The number of likely N-dealkylation sites (tertiary alicyclic amines) is 1. The number of nitrogens with one attached hydrogen (secondary N) is 1. The molecule has 3 rings (SSSR count). The van der Waals surface area contributed by atoms with Crippen molar-refractivity contribution in [3.8, 4) is 0 Å². The average Bonchev–Trinajstić information content (AvgIpc) is 2.78. The first-order valence-corrected chi connectivity index (χ1v) is 10.8. The normalized spacial score (nSPS) is 19.5. The second-order valence-corrected chi connectivity index (χ2v) is 8.28. The van der Waals surface area contributed by atoms with Gasteiger partial charge in [-0.05, 0) is 18.9 Å². The minimum absolute atomic E-state index is 0. The van der Waals surface area contributed by atoms with Crippen molar-refractivity contribution in [2.75, 3.05) is 19.6 Å². The molecule has 2 atom stereocenters. The molecule has 2 aliphatic rings. The van der Waals surface area contributed by atoms with E-state index in [1.165, 1.54) is 22.0 Å². The zero-order valence-corrected chi connectivity index (χ0v) is 18.9. The lowest BCUT2D eigenvalue weighted by Gasteiger charge is -2.33. The minimum atomic E-state index is -4.72. The molecule has 0 bridgehead atoms. The molecule has 1 unspecified atom stereocenters. The Kier molecular flexibility index (Phi) is 9.18. The third kappa shape index (κ3) is 6.68. The van der Waals surface area contributed by atoms with Crippen LogP contribution in [0, 0.1) is 5.41 Å². The maximum atomic E-state index is 13.7. The molecule has 1 saturated heterocycles. The van der Waals surface area contributed by atoms with Crippen molar-refractivity contribution in [1.82, 2.24) is 19.8 Å². The summed E-state index contributed by atoms with van der Waals surface area (Å²) >= 11 is 0. The van der Waals surface area contributed by atoms with Crippen molar-refractivity contribution >= 4 is 23.6 Å². The smallest absolute Gasteiger partial charge is 0.338 e. The van der Waals surface area contributed by atoms with E-state index in [-0.39, 0.29) is 85.1 Å². The molecule has 0 radical (unpaired) electrons. The number of alkyl halides is 4. The van der Waals surface area contributed by atoms with Crippen LogP contribution in [-0.4, -0.2) is 69.6 Å². The number of aromatic nitrogens is 2. The van der Waals surface area contributed by atoms with E-state index in [0.29, 0.717) is 0 Å². The number of carbonyl (C=O) groups excluding carboxylic acids is 2. The van der Waals surface area contributed by atoms with Crippen LogP contribution < -0.4 is 5.73 Å². The Morgan fingerprint density at radius 3 is 2.66 bits per heavy atom. The van der Waals surface area contributed by atoms with Crippen LogP contribution in [0.2, 0.25) is 0 Å². The summed E-state index contributed by atoms with van der Waals surface area (Å²) in [5.41, 5.74) is 5.10.